The van der Waals surface area contributed by atoms with E-state index in [1.807, 2.05) is 0 Å². The first-order chi connectivity index (χ1) is 8.43. The van der Waals surface area contributed by atoms with Gasteiger partial charge in [0, 0.05) is 52.5 Å². The monoisotopic (exact) mass is 279 g/mol. The van der Waals surface area contributed by atoms with Crippen LogP contribution < -0.4 is 5.73 Å². The zero-order valence-electron chi connectivity index (χ0n) is 11.3. The second-order valence-electron chi connectivity index (χ2n) is 4.86. The van der Waals surface area contributed by atoms with Gasteiger partial charge in [0.1, 0.15) is 0 Å². The van der Waals surface area contributed by atoms with Gasteiger partial charge < -0.3 is 10.5 Å². The maximum atomic E-state index is 11.4. The lowest BCUT2D eigenvalue weighted by Gasteiger charge is -2.34. The molecule has 0 amide bonds. The lowest BCUT2D eigenvalue weighted by atomic mass is 10.1. The highest BCUT2D eigenvalue weighted by Gasteiger charge is 2.23. The molecule has 1 heterocycles. The zero-order valence-corrected chi connectivity index (χ0v) is 12.2. The van der Waals surface area contributed by atoms with Crippen molar-refractivity contribution in [3.05, 3.63) is 0 Å². The Morgan fingerprint density at radius 2 is 1.89 bits per heavy atom. The summed E-state index contributed by atoms with van der Waals surface area (Å²) in [6, 6.07) is 0.143. The van der Waals surface area contributed by atoms with Crippen LogP contribution in [-0.2, 0) is 14.8 Å². The summed E-state index contributed by atoms with van der Waals surface area (Å²) in [6.45, 7) is 4.26. The normalized spacial score (nSPS) is 21.1. The molecule has 0 radical (unpaired) electrons. The molecule has 108 valence electrons. The molecule has 1 rings (SSSR count). The Morgan fingerprint density at radius 1 is 1.28 bits per heavy atom. The van der Waals surface area contributed by atoms with Crippen molar-refractivity contribution in [3.63, 3.8) is 0 Å². The van der Waals surface area contributed by atoms with Gasteiger partial charge in [-0.1, -0.05) is 0 Å². The van der Waals surface area contributed by atoms with E-state index in [-0.39, 0.29) is 6.04 Å². The highest BCUT2D eigenvalue weighted by Crippen LogP contribution is 2.07. The molecule has 0 saturated carbocycles. The van der Waals surface area contributed by atoms with Crippen LogP contribution >= 0.6 is 0 Å². The first-order valence-corrected chi connectivity index (χ1v) is 8.20. The Labute approximate surface area is 110 Å². The van der Waals surface area contributed by atoms with E-state index < -0.39 is 10.0 Å². The van der Waals surface area contributed by atoms with Gasteiger partial charge in [0.2, 0.25) is 10.0 Å². The van der Waals surface area contributed by atoms with E-state index in [2.05, 4.69) is 4.90 Å². The van der Waals surface area contributed by atoms with Gasteiger partial charge in [-0.15, -0.1) is 0 Å². The highest BCUT2D eigenvalue weighted by atomic mass is 32.2. The highest BCUT2D eigenvalue weighted by molar-refractivity contribution is 7.88. The predicted molar refractivity (Wildman–Crippen MR) is 71.9 cm³/mol. The summed E-state index contributed by atoms with van der Waals surface area (Å²) in [4.78, 5) is 2.24. The fourth-order valence-corrected chi connectivity index (χ4v) is 2.98. The van der Waals surface area contributed by atoms with Crippen molar-refractivity contribution in [1.82, 2.24) is 9.21 Å². The molecule has 1 atom stereocenters. The minimum absolute atomic E-state index is 0.143. The molecule has 6 nitrogen and oxygen atoms in total. The lowest BCUT2D eigenvalue weighted by Crippen LogP contribution is -2.51. The van der Waals surface area contributed by atoms with Crippen LogP contribution in [0.1, 0.15) is 12.8 Å². The quantitative estimate of drug-likeness (QED) is 0.625. The Kier molecular flexibility index (Phi) is 6.51. The van der Waals surface area contributed by atoms with Gasteiger partial charge >= 0.3 is 0 Å². The number of piperazine rings is 1. The van der Waals surface area contributed by atoms with E-state index >= 15 is 0 Å². The van der Waals surface area contributed by atoms with Gasteiger partial charge in [0.05, 0.1) is 6.26 Å². The number of hydrogen-bond acceptors (Lipinski definition) is 5. The molecule has 1 unspecified atom stereocenters. The molecular weight excluding hydrogens is 254 g/mol. The molecule has 0 aromatic rings. The average Bonchev–Trinajstić information content (AvgIpc) is 2.29. The minimum atomic E-state index is -3.04. The van der Waals surface area contributed by atoms with Crippen molar-refractivity contribution < 1.29 is 13.2 Å². The van der Waals surface area contributed by atoms with Gasteiger partial charge in [-0.05, 0) is 12.8 Å². The number of nitrogens with zero attached hydrogens (tertiary/aromatic N) is 2. The van der Waals surface area contributed by atoms with E-state index in [1.165, 1.54) is 10.6 Å². The van der Waals surface area contributed by atoms with Crippen molar-refractivity contribution >= 4 is 10.0 Å². The number of sulfonamides is 1. The molecule has 2 N–H and O–H groups in total. The van der Waals surface area contributed by atoms with Crippen molar-refractivity contribution in [2.75, 3.05) is 52.7 Å². The SMILES string of the molecule is COCCCC(N)CN1CCN(S(C)(=O)=O)CC1. The van der Waals surface area contributed by atoms with Crippen LogP contribution in [0.15, 0.2) is 0 Å². The van der Waals surface area contributed by atoms with Crippen LogP contribution in [-0.4, -0.2) is 76.4 Å². The number of nitrogens with two attached hydrogens (primary N) is 1. The van der Waals surface area contributed by atoms with Crippen LogP contribution in [0.5, 0.6) is 0 Å². The summed E-state index contributed by atoms with van der Waals surface area (Å²) in [7, 11) is -1.35. The van der Waals surface area contributed by atoms with Crippen LogP contribution in [0, 0.1) is 0 Å². The third-order valence-electron chi connectivity index (χ3n) is 3.22. The number of rotatable bonds is 7. The molecule has 0 spiro atoms. The first kappa shape index (κ1) is 15.8. The van der Waals surface area contributed by atoms with Crippen LogP contribution in [0.4, 0.5) is 0 Å². The van der Waals surface area contributed by atoms with E-state index in [9.17, 15) is 8.42 Å². The van der Waals surface area contributed by atoms with Gasteiger partial charge in [-0.2, -0.15) is 4.31 Å². The van der Waals surface area contributed by atoms with Crippen molar-refractivity contribution in [3.8, 4) is 0 Å². The molecule has 7 heteroatoms. The molecule has 0 aliphatic carbocycles. The zero-order chi connectivity index (χ0) is 13.6. The van der Waals surface area contributed by atoms with Gasteiger partial charge in [0.25, 0.3) is 0 Å². The number of methoxy groups -OCH3 is 1. The van der Waals surface area contributed by atoms with E-state index in [4.69, 9.17) is 10.5 Å². The Balaban J connectivity index is 2.23. The third kappa shape index (κ3) is 5.62. The maximum Gasteiger partial charge on any atom is 0.211 e. The van der Waals surface area contributed by atoms with Crippen LogP contribution in [0.2, 0.25) is 0 Å². The van der Waals surface area contributed by atoms with Crippen molar-refractivity contribution in [2.24, 2.45) is 5.73 Å². The van der Waals surface area contributed by atoms with Crippen LogP contribution in [0.3, 0.4) is 0 Å². The number of ether oxygens (including phenoxy) is 1. The Bertz CT molecular complexity index is 326. The Morgan fingerprint density at radius 3 is 2.39 bits per heavy atom. The molecule has 0 aromatic carbocycles. The second kappa shape index (κ2) is 7.40. The van der Waals surface area contributed by atoms with E-state index in [0.717, 1.165) is 39.1 Å². The molecule has 1 aliphatic heterocycles. The summed E-state index contributed by atoms with van der Waals surface area (Å²) in [5.74, 6) is 0. The maximum absolute atomic E-state index is 11.4. The molecule has 0 aromatic heterocycles. The average molecular weight is 279 g/mol. The lowest BCUT2D eigenvalue weighted by molar-refractivity contribution is 0.166. The van der Waals surface area contributed by atoms with Crippen molar-refractivity contribution in [1.29, 1.82) is 0 Å². The fourth-order valence-electron chi connectivity index (χ4n) is 2.16. The largest absolute Gasteiger partial charge is 0.385 e. The minimum Gasteiger partial charge on any atom is -0.385 e. The van der Waals surface area contributed by atoms with E-state index in [0.29, 0.717) is 13.1 Å². The standard InChI is InChI=1S/C11H25N3O3S/c1-17-9-3-4-11(12)10-13-5-7-14(8-6-13)18(2,15)16/h11H,3-10,12H2,1-2H3. The second-order valence-corrected chi connectivity index (χ2v) is 6.84. The molecule has 1 saturated heterocycles. The van der Waals surface area contributed by atoms with Gasteiger partial charge in [-0.3, -0.25) is 4.90 Å². The summed E-state index contributed by atoms with van der Waals surface area (Å²) in [5.41, 5.74) is 6.04. The van der Waals surface area contributed by atoms with Gasteiger partial charge in [0.15, 0.2) is 0 Å². The smallest absolute Gasteiger partial charge is 0.211 e. The van der Waals surface area contributed by atoms with Crippen molar-refractivity contribution in [2.45, 2.75) is 18.9 Å². The number of hydrogen-bond donors (Lipinski definition) is 1. The molecule has 18 heavy (non-hydrogen) atoms. The summed E-state index contributed by atoms with van der Waals surface area (Å²) < 4.78 is 29.2. The first-order valence-electron chi connectivity index (χ1n) is 6.35. The molecular formula is C11H25N3O3S. The molecule has 1 fully saturated rings. The fraction of sp³-hybridized carbons (Fsp3) is 1.00. The van der Waals surface area contributed by atoms with Crippen LogP contribution in [0.25, 0.3) is 0 Å². The molecule has 1 aliphatic rings. The summed E-state index contributed by atoms with van der Waals surface area (Å²) >= 11 is 0. The van der Waals surface area contributed by atoms with E-state index in [1.54, 1.807) is 7.11 Å². The molecule has 0 bridgehead atoms. The third-order valence-corrected chi connectivity index (χ3v) is 4.52. The summed E-state index contributed by atoms with van der Waals surface area (Å²) in [5, 5.41) is 0. The van der Waals surface area contributed by atoms with Gasteiger partial charge in [-0.25, -0.2) is 8.42 Å². The topological polar surface area (TPSA) is 75.9 Å². The summed E-state index contributed by atoms with van der Waals surface area (Å²) in [6.07, 6.45) is 3.18. The Hall–Kier alpha value is -0.210. The predicted octanol–water partition coefficient (Wildman–Crippen LogP) is -0.682.